The normalized spacial score (nSPS) is 12.0. The van der Waals surface area contributed by atoms with Gasteiger partial charge in [0.15, 0.2) is 5.58 Å². The third-order valence-electron chi connectivity index (χ3n) is 3.55. The van der Waals surface area contributed by atoms with Gasteiger partial charge in [0.1, 0.15) is 5.52 Å². The highest BCUT2D eigenvalue weighted by molar-refractivity contribution is 7.84. The number of rotatable bonds is 6. The lowest BCUT2D eigenvalue weighted by Crippen LogP contribution is -2.11. The van der Waals surface area contributed by atoms with Crippen molar-refractivity contribution in [1.29, 1.82) is 0 Å². The van der Waals surface area contributed by atoms with Gasteiger partial charge in [0.25, 0.3) is 0 Å². The highest BCUT2D eigenvalue weighted by atomic mass is 32.2. The predicted octanol–water partition coefficient (Wildman–Crippen LogP) is 4.25. The molecule has 0 saturated carbocycles. The Labute approximate surface area is 157 Å². The lowest BCUT2D eigenvalue weighted by molar-refractivity contribution is 0.347. The minimum atomic E-state index is -0.943. The van der Waals surface area contributed by atoms with E-state index in [0.717, 1.165) is 21.6 Å². The Morgan fingerprint density at radius 3 is 2.50 bits per heavy atom. The van der Waals surface area contributed by atoms with Gasteiger partial charge in [-0.15, -0.1) is 0 Å². The van der Waals surface area contributed by atoms with E-state index < -0.39 is 10.8 Å². The molecule has 26 heavy (non-hydrogen) atoms. The number of hydrogen-bond donors (Lipinski definition) is 0. The monoisotopic (exact) mass is 371 g/mol. The number of fused-ring (bicyclic) bond motifs is 1. The molecule has 0 fully saturated rings. The fourth-order valence-electron chi connectivity index (χ4n) is 2.36. The smallest absolute Gasteiger partial charge is 0.200 e. The van der Waals surface area contributed by atoms with Crippen LogP contribution in [0.1, 0.15) is 25.3 Å². The van der Waals surface area contributed by atoms with E-state index in [0.29, 0.717) is 18.9 Å². The quantitative estimate of drug-likeness (QED) is 0.480. The molecule has 0 aliphatic carbocycles. The molecule has 0 saturated heterocycles. The summed E-state index contributed by atoms with van der Waals surface area (Å²) in [5.74, 6) is 0.656. The van der Waals surface area contributed by atoms with E-state index in [1.54, 1.807) is 12.5 Å². The Bertz CT molecular complexity index is 839. The SMILES string of the molecule is CC.CN(Cc1ccc(S(C)=O)cc1)/N=C\Cc1nc2ccccc2o1. The topological polar surface area (TPSA) is 58.7 Å². The molecule has 0 bridgehead atoms. The van der Waals surface area contributed by atoms with Crippen LogP contribution in [-0.2, 0) is 23.8 Å². The van der Waals surface area contributed by atoms with Crippen LogP contribution in [0, 0.1) is 0 Å². The standard InChI is InChI=1S/C18H19N3O2S.C2H6/c1-21(13-14-7-9-15(10-8-14)24(2)22)19-12-11-18-20-16-5-3-4-6-17(16)23-18;1-2/h3-10,12H,11,13H2,1-2H3;1-2H3/b19-12-;. The number of nitrogens with zero attached hydrogens (tertiary/aromatic N) is 3. The van der Waals surface area contributed by atoms with E-state index in [-0.39, 0.29) is 0 Å². The van der Waals surface area contributed by atoms with E-state index in [1.165, 1.54) is 0 Å². The second-order valence-electron chi connectivity index (χ2n) is 5.49. The zero-order valence-corrected chi connectivity index (χ0v) is 16.5. The van der Waals surface area contributed by atoms with Crippen LogP contribution in [0.3, 0.4) is 0 Å². The second kappa shape index (κ2) is 9.87. The summed E-state index contributed by atoms with van der Waals surface area (Å²) in [5, 5.41) is 6.24. The molecule has 1 heterocycles. The molecule has 0 aliphatic rings. The lowest BCUT2D eigenvalue weighted by atomic mass is 10.2. The number of para-hydroxylation sites is 2. The molecule has 0 spiro atoms. The Morgan fingerprint density at radius 2 is 1.85 bits per heavy atom. The molecule has 5 nitrogen and oxygen atoms in total. The summed E-state index contributed by atoms with van der Waals surface area (Å²) in [6.45, 7) is 4.68. The summed E-state index contributed by atoms with van der Waals surface area (Å²) in [5.41, 5.74) is 2.77. The summed E-state index contributed by atoms with van der Waals surface area (Å²) in [6, 6.07) is 15.4. The van der Waals surface area contributed by atoms with E-state index >= 15 is 0 Å². The van der Waals surface area contributed by atoms with Gasteiger partial charge in [-0.3, -0.25) is 9.22 Å². The first-order chi connectivity index (χ1) is 12.6. The predicted molar refractivity (Wildman–Crippen MR) is 108 cm³/mol. The van der Waals surface area contributed by atoms with Crippen molar-refractivity contribution in [3.63, 3.8) is 0 Å². The van der Waals surface area contributed by atoms with Crippen LogP contribution in [0.15, 0.2) is 62.9 Å². The maximum atomic E-state index is 11.4. The van der Waals surface area contributed by atoms with E-state index in [2.05, 4.69) is 10.1 Å². The van der Waals surface area contributed by atoms with Gasteiger partial charge < -0.3 is 4.42 Å². The molecular weight excluding hydrogens is 346 g/mol. The summed E-state index contributed by atoms with van der Waals surface area (Å²) in [6.07, 6.45) is 4.02. The Hall–Kier alpha value is -2.47. The zero-order valence-electron chi connectivity index (χ0n) is 15.7. The first kappa shape index (κ1) is 19.8. The Balaban J connectivity index is 0.00000117. The highest BCUT2D eigenvalue weighted by Gasteiger charge is 2.03. The lowest BCUT2D eigenvalue weighted by Gasteiger charge is -2.12. The van der Waals surface area contributed by atoms with E-state index in [1.807, 2.05) is 74.4 Å². The number of aromatic nitrogens is 1. The average molecular weight is 372 g/mol. The molecule has 1 unspecified atom stereocenters. The molecule has 6 heteroatoms. The molecule has 0 N–H and O–H groups in total. The van der Waals surface area contributed by atoms with E-state index in [4.69, 9.17) is 4.42 Å². The van der Waals surface area contributed by atoms with Gasteiger partial charge in [-0.25, -0.2) is 4.98 Å². The molecule has 0 aliphatic heterocycles. The van der Waals surface area contributed by atoms with Crippen molar-refractivity contribution >= 4 is 28.1 Å². The van der Waals surface area contributed by atoms with Gasteiger partial charge in [-0.2, -0.15) is 5.10 Å². The average Bonchev–Trinajstić information content (AvgIpc) is 3.06. The van der Waals surface area contributed by atoms with Gasteiger partial charge >= 0.3 is 0 Å². The third-order valence-corrected chi connectivity index (χ3v) is 4.49. The largest absolute Gasteiger partial charge is 0.440 e. The van der Waals surface area contributed by atoms with Crippen LogP contribution in [0.2, 0.25) is 0 Å². The third kappa shape index (κ3) is 5.52. The molecule has 3 rings (SSSR count). The molecule has 1 atom stereocenters. The van der Waals surface area contributed by atoms with Crippen molar-refractivity contribution in [2.45, 2.75) is 31.7 Å². The summed E-state index contributed by atoms with van der Waals surface area (Å²) in [4.78, 5) is 5.25. The number of benzene rings is 2. The van der Waals surface area contributed by atoms with Gasteiger partial charge in [0.2, 0.25) is 5.89 Å². The van der Waals surface area contributed by atoms with Crippen LogP contribution in [0.4, 0.5) is 0 Å². The molecule has 1 aromatic heterocycles. The number of hydrogen-bond acceptors (Lipinski definition) is 5. The van der Waals surface area contributed by atoms with Crippen LogP contribution < -0.4 is 0 Å². The molecule has 0 amide bonds. The summed E-state index contributed by atoms with van der Waals surface area (Å²) >= 11 is 0. The molecule has 3 aromatic rings. The van der Waals surface area contributed by atoms with Crippen molar-refractivity contribution < 1.29 is 8.63 Å². The van der Waals surface area contributed by atoms with Gasteiger partial charge in [-0.1, -0.05) is 38.1 Å². The van der Waals surface area contributed by atoms with Gasteiger partial charge in [0, 0.05) is 35.2 Å². The van der Waals surface area contributed by atoms with Crippen molar-refractivity contribution in [3.8, 4) is 0 Å². The first-order valence-electron chi connectivity index (χ1n) is 8.62. The maximum absolute atomic E-state index is 11.4. The zero-order chi connectivity index (χ0) is 18.9. The van der Waals surface area contributed by atoms with Gasteiger partial charge in [0.05, 0.1) is 13.0 Å². The second-order valence-corrected chi connectivity index (χ2v) is 6.87. The minimum absolute atomic E-state index is 0.548. The van der Waals surface area contributed by atoms with E-state index in [9.17, 15) is 4.21 Å². The van der Waals surface area contributed by atoms with Crippen LogP contribution in [-0.4, -0.2) is 33.7 Å². The first-order valence-corrected chi connectivity index (χ1v) is 10.2. The Kier molecular flexibility index (Phi) is 7.53. The van der Waals surface area contributed by atoms with Crippen LogP contribution in [0.5, 0.6) is 0 Å². The van der Waals surface area contributed by atoms with Crippen molar-refractivity contribution in [1.82, 2.24) is 9.99 Å². The maximum Gasteiger partial charge on any atom is 0.200 e. The Morgan fingerprint density at radius 1 is 1.15 bits per heavy atom. The fourth-order valence-corrected chi connectivity index (χ4v) is 2.88. The highest BCUT2D eigenvalue weighted by Crippen LogP contribution is 2.14. The summed E-state index contributed by atoms with van der Waals surface area (Å²) in [7, 11) is 0.968. The van der Waals surface area contributed by atoms with Crippen molar-refractivity contribution in [3.05, 3.63) is 60.0 Å². The molecule has 2 aromatic carbocycles. The van der Waals surface area contributed by atoms with Crippen LogP contribution in [0.25, 0.3) is 11.1 Å². The van der Waals surface area contributed by atoms with Crippen LogP contribution >= 0.6 is 0 Å². The van der Waals surface area contributed by atoms with Crippen molar-refractivity contribution in [2.75, 3.05) is 13.3 Å². The summed E-state index contributed by atoms with van der Waals surface area (Å²) < 4.78 is 17.0. The molecular formula is C20H25N3O2S. The molecule has 0 radical (unpaired) electrons. The number of hydrazone groups is 1. The molecule has 138 valence electrons. The van der Waals surface area contributed by atoms with Crippen molar-refractivity contribution in [2.24, 2.45) is 5.10 Å². The van der Waals surface area contributed by atoms with Gasteiger partial charge in [-0.05, 0) is 29.8 Å². The fraction of sp³-hybridized carbons (Fsp3) is 0.300. The number of oxazole rings is 1. The minimum Gasteiger partial charge on any atom is -0.440 e.